The summed E-state index contributed by atoms with van der Waals surface area (Å²) in [5, 5.41) is 0.762. The first-order valence-electron chi connectivity index (χ1n) is 2.74. The molecule has 3 heteroatoms. The van der Waals surface area contributed by atoms with E-state index >= 15 is 0 Å². The molecule has 0 bridgehead atoms. The fraction of sp³-hybridized carbons (Fsp3) is 0.143. The van der Waals surface area contributed by atoms with Gasteiger partial charge in [-0.15, -0.1) is 11.6 Å². The second kappa shape index (κ2) is 3.79. The van der Waals surface area contributed by atoms with Gasteiger partial charge in [-0.3, -0.25) is 0 Å². The molecule has 0 radical (unpaired) electrons. The summed E-state index contributed by atoms with van der Waals surface area (Å²) in [4.78, 5) is 0. The van der Waals surface area contributed by atoms with Crippen LogP contribution >= 0.6 is 45.8 Å². The van der Waals surface area contributed by atoms with Gasteiger partial charge in [0.15, 0.2) is 0 Å². The molecular formula is C7H5Cl2I. The van der Waals surface area contributed by atoms with Crippen LogP contribution in [0.3, 0.4) is 0 Å². The third-order valence-electron chi connectivity index (χ3n) is 1.16. The highest BCUT2D eigenvalue weighted by atomic mass is 127. The van der Waals surface area contributed by atoms with Crippen LogP contribution in [0.1, 0.15) is 5.56 Å². The lowest BCUT2D eigenvalue weighted by Crippen LogP contribution is -1.82. The largest absolute Gasteiger partial charge is 0.122 e. The quantitative estimate of drug-likeness (QED) is 0.546. The molecule has 0 heterocycles. The average molecular weight is 287 g/mol. The predicted molar refractivity (Wildman–Crippen MR) is 53.7 cm³/mol. The monoisotopic (exact) mass is 286 g/mol. The minimum absolute atomic E-state index is 0.551. The first-order chi connectivity index (χ1) is 4.74. The number of rotatable bonds is 1. The van der Waals surface area contributed by atoms with Gasteiger partial charge in [-0.2, -0.15) is 0 Å². The van der Waals surface area contributed by atoms with Gasteiger partial charge in [-0.25, -0.2) is 0 Å². The van der Waals surface area contributed by atoms with Gasteiger partial charge in [-0.1, -0.05) is 17.7 Å². The standard InChI is InChI=1S/C7H5Cl2I/c8-4-5-1-2-6(9)3-7(5)10/h1-3H,4H2. The fourth-order valence-electron chi connectivity index (χ4n) is 0.630. The van der Waals surface area contributed by atoms with E-state index < -0.39 is 0 Å². The number of benzene rings is 1. The van der Waals surface area contributed by atoms with Crippen molar-refractivity contribution in [2.24, 2.45) is 0 Å². The molecule has 0 unspecified atom stereocenters. The minimum Gasteiger partial charge on any atom is -0.122 e. The maximum absolute atomic E-state index is 5.73. The van der Waals surface area contributed by atoms with Crippen LogP contribution in [0.2, 0.25) is 5.02 Å². The second-order valence-corrected chi connectivity index (χ2v) is 3.74. The van der Waals surface area contributed by atoms with Crippen molar-refractivity contribution in [2.75, 3.05) is 0 Å². The molecule has 0 N–H and O–H groups in total. The van der Waals surface area contributed by atoms with Crippen LogP contribution in [0.25, 0.3) is 0 Å². The summed E-state index contributed by atoms with van der Waals surface area (Å²) in [5.41, 5.74) is 1.13. The summed E-state index contributed by atoms with van der Waals surface area (Å²) >= 11 is 13.6. The lowest BCUT2D eigenvalue weighted by atomic mass is 10.2. The van der Waals surface area contributed by atoms with Gasteiger partial charge in [0.2, 0.25) is 0 Å². The van der Waals surface area contributed by atoms with E-state index in [0.29, 0.717) is 5.88 Å². The number of halogens is 3. The van der Waals surface area contributed by atoms with Crippen molar-refractivity contribution in [1.82, 2.24) is 0 Å². The third kappa shape index (κ3) is 2.01. The maximum Gasteiger partial charge on any atom is 0.0484 e. The Morgan fingerprint density at radius 2 is 2.10 bits per heavy atom. The number of alkyl halides is 1. The van der Waals surface area contributed by atoms with Crippen molar-refractivity contribution < 1.29 is 0 Å². The predicted octanol–water partition coefficient (Wildman–Crippen LogP) is 3.68. The normalized spacial score (nSPS) is 9.90. The van der Waals surface area contributed by atoms with Crippen LogP contribution in [0.15, 0.2) is 18.2 Å². The van der Waals surface area contributed by atoms with Crippen LogP contribution < -0.4 is 0 Å². The average Bonchev–Trinajstić information content (AvgIpc) is 1.88. The molecule has 1 aromatic carbocycles. The van der Waals surface area contributed by atoms with Crippen molar-refractivity contribution in [2.45, 2.75) is 5.88 Å². The van der Waals surface area contributed by atoms with Crippen molar-refractivity contribution in [3.8, 4) is 0 Å². The molecule has 0 aliphatic carbocycles. The Morgan fingerprint density at radius 3 is 2.60 bits per heavy atom. The zero-order valence-electron chi connectivity index (χ0n) is 5.07. The van der Waals surface area contributed by atoms with E-state index in [4.69, 9.17) is 23.2 Å². The van der Waals surface area contributed by atoms with E-state index in [-0.39, 0.29) is 0 Å². The molecule has 0 aliphatic heterocycles. The SMILES string of the molecule is ClCc1ccc(Cl)cc1I. The summed E-state index contributed by atoms with van der Waals surface area (Å²) in [6, 6.07) is 5.69. The van der Waals surface area contributed by atoms with Gasteiger partial charge in [0.1, 0.15) is 0 Å². The number of hydrogen-bond acceptors (Lipinski definition) is 0. The van der Waals surface area contributed by atoms with Gasteiger partial charge in [-0.05, 0) is 40.3 Å². The highest BCUT2D eigenvalue weighted by Gasteiger charge is 1.97. The van der Waals surface area contributed by atoms with E-state index in [9.17, 15) is 0 Å². The Labute approximate surface area is 83.7 Å². The molecule has 0 fully saturated rings. The Bertz CT molecular complexity index is 235. The molecule has 54 valence electrons. The van der Waals surface area contributed by atoms with Crippen LogP contribution in [-0.2, 0) is 5.88 Å². The Hall–Kier alpha value is 0.530. The summed E-state index contributed by atoms with van der Waals surface area (Å²) < 4.78 is 1.13. The second-order valence-electron chi connectivity index (χ2n) is 1.87. The van der Waals surface area contributed by atoms with Crippen LogP contribution in [-0.4, -0.2) is 0 Å². The topological polar surface area (TPSA) is 0 Å². The van der Waals surface area contributed by atoms with Gasteiger partial charge in [0, 0.05) is 14.5 Å². The third-order valence-corrected chi connectivity index (χ3v) is 2.69. The molecule has 1 aromatic rings. The fourth-order valence-corrected chi connectivity index (χ4v) is 2.15. The van der Waals surface area contributed by atoms with Crippen molar-refractivity contribution >= 4 is 45.8 Å². The molecule has 0 spiro atoms. The lowest BCUT2D eigenvalue weighted by Gasteiger charge is -1.98. The molecule has 0 atom stereocenters. The molecule has 0 nitrogen and oxygen atoms in total. The van der Waals surface area contributed by atoms with Crippen molar-refractivity contribution in [3.63, 3.8) is 0 Å². The van der Waals surface area contributed by atoms with E-state index in [1.807, 2.05) is 18.2 Å². The summed E-state index contributed by atoms with van der Waals surface area (Å²) in [6.07, 6.45) is 0. The van der Waals surface area contributed by atoms with Crippen molar-refractivity contribution in [1.29, 1.82) is 0 Å². The van der Waals surface area contributed by atoms with E-state index in [0.717, 1.165) is 14.2 Å². The molecule has 0 aromatic heterocycles. The molecule has 10 heavy (non-hydrogen) atoms. The van der Waals surface area contributed by atoms with E-state index in [2.05, 4.69) is 22.6 Å². The van der Waals surface area contributed by atoms with E-state index in [1.54, 1.807) is 0 Å². The zero-order valence-corrected chi connectivity index (χ0v) is 8.74. The zero-order chi connectivity index (χ0) is 7.56. The highest BCUT2D eigenvalue weighted by molar-refractivity contribution is 14.1. The van der Waals surface area contributed by atoms with Gasteiger partial charge in [0.25, 0.3) is 0 Å². The molecule has 0 saturated carbocycles. The number of hydrogen-bond donors (Lipinski definition) is 0. The summed E-state index contributed by atoms with van der Waals surface area (Å²) in [5.74, 6) is 0.551. The van der Waals surface area contributed by atoms with Crippen molar-refractivity contribution in [3.05, 3.63) is 32.4 Å². The molecular weight excluding hydrogens is 282 g/mol. The Kier molecular flexibility index (Phi) is 3.27. The van der Waals surface area contributed by atoms with Crippen LogP contribution in [0, 0.1) is 3.57 Å². The summed E-state index contributed by atoms with van der Waals surface area (Å²) in [7, 11) is 0. The molecule has 0 saturated heterocycles. The maximum atomic E-state index is 5.73. The van der Waals surface area contributed by atoms with Gasteiger partial charge >= 0.3 is 0 Å². The highest BCUT2D eigenvalue weighted by Crippen LogP contribution is 2.18. The van der Waals surface area contributed by atoms with Gasteiger partial charge < -0.3 is 0 Å². The van der Waals surface area contributed by atoms with Crippen LogP contribution in [0.4, 0.5) is 0 Å². The summed E-state index contributed by atoms with van der Waals surface area (Å²) in [6.45, 7) is 0. The molecule has 1 rings (SSSR count). The van der Waals surface area contributed by atoms with Crippen LogP contribution in [0.5, 0.6) is 0 Å². The molecule has 0 aliphatic rings. The van der Waals surface area contributed by atoms with E-state index in [1.165, 1.54) is 0 Å². The minimum atomic E-state index is 0.551. The smallest absolute Gasteiger partial charge is 0.0484 e. The van der Waals surface area contributed by atoms with Gasteiger partial charge in [0.05, 0.1) is 0 Å². The Morgan fingerprint density at radius 1 is 1.40 bits per heavy atom. The lowest BCUT2D eigenvalue weighted by molar-refractivity contribution is 1.37. The first-order valence-corrected chi connectivity index (χ1v) is 4.73. The molecule has 0 amide bonds. The first kappa shape index (κ1) is 8.62. The Balaban J connectivity index is 3.07.